The van der Waals surface area contributed by atoms with Gasteiger partial charge < -0.3 is 4.74 Å². The van der Waals surface area contributed by atoms with Crippen LogP contribution < -0.4 is 4.74 Å². The topological polar surface area (TPSA) is 44.1 Å². The Labute approximate surface area is 197 Å². The highest BCUT2D eigenvalue weighted by Gasteiger charge is 2.27. The van der Waals surface area contributed by atoms with Gasteiger partial charge in [0, 0.05) is 10.6 Å². The summed E-state index contributed by atoms with van der Waals surface area (Å²) in [4.78, 5) is 12.3. The maximum absolute atomic E-state index is 12.3. The third kappa shape index (κ3) is 4.43. The van der Waals surface area contributed by atoms with Crippen molar-refractivity contribution in [3.63, 3.8) is 0 Å². The van der Waals surface area contributed by atoms with Gasteiger partial charge in [-0.25, -0.2) is 4.68 Å². The number of benzene rings is 3. The quantitative estimate of drug-likeness (QED) is 0.229. The molecule has 1 atom stereocenters. The van der Waals surface area contributed by atoms with Crippen molar-refractivity contribution in [3.05, 3.63) is 95.0 Å². The predicted octanol–water partition coefficient (Wildman–Crippen LogP) is 6.93. The minimum absolute atomic E-state index is 0.244. The third-order valence-electron chi connectivity index (χ3n) is 5.34. The third-order valence-corrected chi connectivity index (χ3v) is 5.97. The number of aromatic nitrogens is 2. The Kier molecular flexibility index (Phi) is 6.63. The number of hydrogen-bond donors (Lipinski definition) is 0. The second-order valence-corrected chi connectivity index (χ2v) is 8.17. The molecule has 1 aromatic heterocycles. The summed E-state index contributed by atoms with van der Waals surface area (Å²) in [5.41, 5.74) is 5.21. The molecule has 0 aliphatic carbocycles. The second kappa shape index (κ2) is 9.60. The number of halogens is 2. The van der Waals surface area contributed by atoms with E-state index in [0.29, 0.717) is 10.9 Å². The van der Waals surface area contributed by atoms with Gasteiger partial charge in [-0.3, -0.25) is 4.79 Å². The molecular weight excluding hydrogens is 443 g/mol. The molecule has 1 heterocycles. The van der Waals surface area contributed by atoms with Crippen LogP contribution in [0.3, 0.4) is 0 Å². The van der Waals surface area contributed by atoms with E-state index in [4.69, 9.17) is 33.0 Å². The van der Waals surface area contributed by atoms with Crippen LogP contribution in [0.5, 0.6) is 5.88 Å². The molecular formula is C26H22Cl2N2O2. The van der Waals surface area contributed by atoms with E-state index in [2.05, 4.69) is 0 Å². The SMILES string of the molecule is Cc1ccc(C(C)n2nc(-c3ccccc3)c(-c3ccccc3)c2OC(=O)CCl)cc1Cl. The van der Waals surface area contributed by atoms with Crippen molar-refractivity contribution in [1.82, 2.24) is 9.78 Å². The van der Waals surface area contributed by atoms with E-state index in [1.807, 2.05) is 92.7 Å². The highest BCUT2D eigenvalue weighted by atomic mass is 35.5. The first kappa shape index (κ1) is 22.1. The molecule has 162 valence electrons. The first-order valence-electron chi connectivity index (χ1n) is 10.3. The first-order valence-corrected chi connectivity index (χ1v) is 11.2. The average Bonchev–Trinajstić information content (AvgIpc) is 3.20. The lowest BCUT2D eigenvalue weighted by Gasteiger charge is -2.17. The Balaban J connectivity index is 1.97. The van der Waals surface area contributed by atoms with Crippen LogP contribution in [-0.4, -0.2) is 21.6 Å². The number of nitrogens with zero attached hydrogens (tertiary/aromatic N) is 2. The van der Waals surface area contributed by atoms with E-state index in [-0.39, 0.29) is 11.9 Å². The van der Waals surface area contributed by atoms with Crippen LogP contribution in [-0.2, 0) is 4.79 Å². The van der Waals surface area contributed by atoms with Gasteiger partial charge in [-0.1, -0.05) is 84.4 Å². The van der Waals surface area contributed by atoms with Crippen LogP contribution in [0.15, 0.2) is 78.9 Å². The van der Waals surface area contributed by atoms with Crippen molar-refractivity contribution in [2.24, 2.45) is 0 Å². The van der Waals surface area contributed by atoms with Crippen LogP contribution in [0.2, 0.25) is 5.02 Å². The Morgan fingerprint density at radius 1 is 1.00 bits per heavy atom. The van der Waals surface area contributed by atoms with Crippen molar-refractivity contribution in [2.75, 3.05) is 5.88 Å². The van der Waals surface area contributed by atoms with E-state index in [1.165, 1.54) is 0 Å². The summed E-state index contributed by atoms with van der Waals surface area (Å²) in [5, 5.41) is 5.60. The lowest BCUT2D eigenvalue weighted by atomic mass is 10.0. The van der Waals surface area contributed by atoms with Gasteiger partial charge in [-0.2, -0.15) is 5.10 Å². The summed E-state index contributed by atoms with van der Waals surface area (Å²) in [6, 6.07) is 25.3. The first-order chi connectivity index (χ1) is 15.5. The summed E-state index contributed by atoms with van der Waals surface area (Å²) < 4.78 is 7.51. The minimum atomic E-state index is -0.543. The number of rotatable bonds is 6. The van der Waals surface area contributed by atoms with Gasteiger partial charge in [-0.15, -0.1) is 11.6 Å². The van der Waals surface area contributed by atoms with Crippen LogP contribution in [0.25, 0.3) is 22.4 Å². The molecule has 0 aliphatic rings. The van der Waals surface area contributed by atoms with Crippen LogP contribution in [0.4, 0.5) is 0 Å². The normalized spacial score (nSPS) is 11.9. The molecule has 0 radical (unpaired) electrons. The molecule has 32 heavy (non-hydrogen) atoms. The number of alkyl halides is 1. The molecule has 0 fully saturated rings. The van der Waals surface area contributed by atoms with Gasteiger partial charge in [-0.05, 0) is 36.6 Å². The standard InChI is InChI=1S/C26H22Cl2N2O2/c1-17-13-14-21(15-22(17)28)18(2)30-26(32-23(31)16-27)24(19-9-5-3-6-10-19)25(29-30)20-11-7-4-8-12-20/h3-15,18H,16H2,1-2H3. The fourth-order valence-electron chi connectivity index (χ4n) is 3.59. The molecule has 0 saturated carbocycles. The maximum Gasteiger partial charge on any atom is 0.327 e. The summed E-state index contributed by atoms with van der Waals surface area (Å²) in [5.74, 6) is -0.450. The molecule has 4 nitrogen and oxygen atoms in total. The van der Waals surface area contributed by atoms with Gasteiger partial charge in [0.2, 0.25) is 5.88 Å². The van der Waals surface area contributed by atoms with Crippen molar-refractivity contribution in [3.8, 4) is 28.3 Å². The average molecular weight is 465 g/mol. The lowest BCUT2D eigenvalue weighted by molar-refractivity contribution is -0.132. The van der Waals surface area contributed by atoms with Gasteiger partial charge in [0.05, 0.1) is 11.6 Å². The second-order valence-electron chi connectivity index (χ2n) is 7.50. The number of hydrogen-bond acceptors (Lipinski definition) is 3. The Morgan fingerprint density at radius 2 is 1.62 bits per heavy atom. The maximum atomic E-state index is 12.3. The number of carbonyl (C=O) groups excluding carboxylic acids is 1. The van der Waals surface area contributed by atoms with Crippen molar-refractivity contribution >= 4 is 29.2 Å². The van der Waals surface area contributed by atoms with Crippen molar-refractivity contribution in [1.29, 1.82) is 0 Å². The van der Waals surface area contributed by atoms with Crippen LogP contribution in [0, 0.1) is 6.92 Å². The summed E-state index contributed by atoms with van der Waals surface area (Å²) in [7, 11) is 0. The van der Waals surface area contributed by atoms with E-state index < -0.39 is 5.97 Å². The molecule has 0 N–H and O–H groups in total. The molecule has 3 aromatic carbocycles. The van der Waals surface area contributed by atoms with Crippen molar-refractivity contribution in [2.45, 2.75) is 19.9 Å². The molecule has 1 unspecified atom stereocenters. The number of aryl methyl sites for hydroxylation is 1. The predicted molar refractivity (Wildman–Crippen MR) is 129 cm³/mol. The van der Waals surface area contributed by atoms with Crippen LogP contribution >= 0.6 is 23.2 Å². The smallest absolute Gasteiger partial charge is 0.327 e. The van der Waals surface area contributed by atoms with Gasteiger partial charge in [0.25, 0.3) is 0 Å². The lowest BCUT2D eigenvalue weighted by Crippen LogP contribution is -2.16. The summed E-state index contributed by atoms with van der Waals surface area (Å²) in [6.45, 7) is 3.95. The molecule has 0 aliphatic heterocycles. The molecule has 4 aromatic rings. The fraction of sp³-hybridized carbons (Fsp3) is 0.154. The zero-order valence-corrected chi connectivity index (χ0v) is 19.3. The highest BCUT2D eigenvalue weighted by Crippen LogP contribution is 2.41. The Bertz CT molecular complexity index is 1240. The van der Waals surface area contributed by atoms with E-state index in [0.717, 1.165) is 33.5 Å². The van der Waals surface area contributed by atoms with Crippen LogP contribution in [0.1, 0.15) is 24.1 Å². The van der Waals surface area contributed by atoms with Gasteiger partial charge in [0.1, 0.15) is 11.6 Å². The molecule has 0 spiro atoms. The molecule has 0 saturated heterocycles. The van der Waals surface area contributed by atoms with Gasteiger partial charge >= 0.3 is 5.97 Å². The minimum Gasteiger partial charge on any atom is -0.406 e. The molecule has 4 rings (SSSR count). The molecule has 0 amide bonds. The van der Waals surface area contributed by atoms with Gasteiger partial charge in [0.15, 0.2) is 0 Å². The number of ether oxygens (including phenoxy) is 1. The monoisotopic (exact) mass is 464 g/mol. The van der Waals surface area contributed by atoms with E-state index in [9.17, 15) is 4.79 Å². The zero-order valence-electron chi connectivity index (χ0n) is 17.8. The zero-order chi connectivity index (χ0) is 22.7. The number of carbonyl (C=O) groups is 1. The largest absolute Gasteiger partial charge is 0.406 e. The number of esters is 1. The summed E-state index contributed by atoms with van der Waals surface area (Å²) in [6.07, 6.45) is 0. The summed E-state index contributed by atoms with van der Waals surface area (Å²) >= 11 is 12.2. The molecule has 0 bridgehead atoms. The fourth-order valence-corrected chi connectivity index (χ4v) is 3.83. The Hall–Kier alpha value is -3.08. The van der Waals surface area contributed by atoms with E-state index in [1.54, 1.807) is 4.68 Å². The Morgan fingerprint density at radius 3 is 2.22 bits per heavy atom. The molecule has 6 heteroatoms. The van der Waals surface area contributed by atoms with E-state index >= 15 is 0 Å². The highest BCUT2D eigenvalue weighted by molar-refractivity contribution is 6.31. The van der Waals surface area contributed by atoms with Crippen molar-refractivity contribution < 1.29 is 9.53 Å².